The van der Waals surface area contributed by atoms with Gasteiger partial charge >= 0.3 is 6.18 Å². The van der Waals surface area contributed by atoms with Crippen molar-refractivity contribution in [1.29, 1.82) is 0 Å². The Labute approximate surface area is 155 Å². The summed E-state index contributed by atoms with van der Waals surface area (Å²) >= 11 is 6.13. The lowest BCUT2D eigenvalue weighted by Gasteiger charge is -2.18. The van der Waals surface area contributed by atoms with Gasteiger partial charge in [-0.05, 0) is 49.2 Å². The SMILES string of the molecule is CCC1CN(c2cccc(C(F)(F)F)c2)C(=Nc2ccc(C)c(Cl)c2)O1. The first kappa shape index (κ1) is 18.6. The molecule has 0 aliphatic carbocycles. The van der Waals surface area contributed by atoms with E-state index < -0.39 is 11.7 Å². The van der Waals surface area contributed by atoms with Crippen LogP contribution < -0.4 is 4.90 Å². The molecule has 7 heteroatoms. The number of rotatable bonds is 3. The lowest BCUT2D eigenvalue weighted by Crippen LogP contribution is -2.26. The van der Waals surface area contributed by atoms with Crippen LogP contribution in [0.4, 0.5) is 24.5 Å². The number of alkyl halides is 3. The van der Waals surface area contributed by atoms with E-state index in [2.05, 4.69) is 4.99 Å². The maximum absolute atomic E-state index is 13.0. The Morgan fingerprint density at radius 1 is 1.23 bits per heavy atom. The van der Waals surface area contributed by atoms with Crippen LogP contribution in [-0.4, -0.2) is 18.7 Å². The molecule has 3 nitrogen and oxygen atoms in total. The first-order valence-electron chi connectivity index (χ1n) is 8.24. The van der Waals surface area contributed by atoms with Crippen molar-refractivity contribution < 1.29 is 17.9 Å². The third kappa shape index (κ3) is 3.96. The Morgan fingerprint density at radius 2 is 2.00 bits per heavy atom. The van der Waals surface area contributed by atoms with Gasteiger partial charge in [0.25, 0.3) is 6.02 Å². The molecule has 1 aliphatic heterocycles. The van der Waals surface area contributed by atoms with E-state index in [9.17, 15) is 13.2 Å². The fraction of sp³-hybridized carbons (Fsp3) is 0.316. The maximum Gasteiger partial charge on any atom is 0.416 e. The van der Waals surface area contributed by atoms with Crippen molar-refractivity contribution in [3.63, 3.8) is 0 Å². The monoisotopic (exact) mass is 382 g/mol. The van der Waals surface area contributed by atoms with Gasteiger partial charge in [-0.25, -0.2) is 0 Å². The number of nitrogens with zero attached hydrogens (tertiary/aromatic N) is 2. The van der Waals surface area contributed by atoms with Crippen molar-refractivity contribution in [2.75, 3.05) is 11.4 Å². The third-order valence-corrected chi connectivity index (χ3v) is 4.62. The number of halogens is 4. The van der Waals surface area contributed by atoms with E-state index in [-0.39, 0.29) is 12.1 Å². The number of aliphatic imine (C=N–C) groups is 1. The molecule has 1 unspecified atom stereocenters. The normalized spacial score (nSPS) is 19.1. The highest BCUT2D eigenvalue weighted by Gasteiger charge is 2.34. The van der Waals surface area contributed by atoms with Crippen molar-refractivity contribution in [1.82, 2.24) is 0 Å². The quantitative estimate of drug-likeness (QED) is 0.653. The summed E-state index contributed by atoms with van der Waals surface area (Å²) in [4.78, 5) is 6.13. The first-order chi connectivity index (χ1) is 12.3. The van der Waals surface area contributed by atoms with Crippen molar-refractivity contribution in [3.05, 3.63) is 58.6 Å². The van der Waals surface area contributed by atoms with Gasteiger partial charge in [-0.3, -0.25) is 4.90 Å². The molecule has 1 fully saturated rings. The molecule has 0 bridgehead atoms. The maximum atomic E-state index is 13.0. The molecule has 0 amide bonds. The number of aryl methyl sites for hydroxylation is 1. The predicted molar refractivity (Wildman–Crippen MR) is 97.2 cm³/mol. The second kappa shape index (κ2) is 7.19. The van der Waals surface area contributed by atoms with Crippen LogP contribution in [0, 0.1) is 6.92 Å². The van der Waals surface area contributed by atoms with Gasteiger partial charge in [-0.15, -0.1) is 0 Å². The molecule has 1 atom stereocenters. The number of hydrogen-bond donors (Lipinski definition) is 0. The molecule has 0 N–H and O–H groups in total. The Bertz CT molecular complexity index is 836. The zero-order valence-corrected chi connectivity index (χ0v) is 15.1. The zero-order chi connectivity index (χ0) is 18.9. The third-order valence-electron chi connectivity index (χ3n) is 4.21. The second-order valence-corrected chi connectivity index (χ2v) is 6.54. The van der Waals surface area contributed by atoms with Crippen LogP contribution in [-0.2, 0) is 10.9 Å². The molecule has 1 heterocycles. The lowest BCUT2D eigenvalue weighted by molar-refractivity contribution is -0.137. The minimum absolute atomic E-state index is 0.135. The number of ether oxygens (including phenoxy) is 1. The van der Waals surface area contributed by atoms with Crippen molar-refractivity contribution in [3.8, 4) is 0 Å². The van der Waals surface area contributed by atoms with Crippen LogP contribution in [0.1, 0.15) is 24.5 Å². The van der Waals surface area contributed by atoms with Gasteiger partial charge in [0.1, 0.15) is 6.10 Å². The van der Waals surface area contributed by atoms with E-state index in [0.29, 0.717) is 22.9 Å². The minimum atomic E-state index is -4.40. The van der Waals surface area contributed by atoms with Crippen LogP contribution in [0.5, 0.6) is 0 Å². The standard InChI is InChI=1S/C19H18ClF3N2O/c1-3-16-11-25(15-6-4-5-13(9-15)19(21,22)23)18(26-16)24-14-8-7-12(2)17(20)10-14/h4-10,16H,3,11H2,1-2H3. The van der Waals surface area contributed by atoms with E-state index in [0.717, 1.165) is 24.1 Å². The Balaban J connectivity index is 1.98. The highest BCUT2D eigenvalue weighted by molar-refractivity contribution is 6.31. The topological polar surface area (TPSA) is 24.8 Å². The summed E-state index contributed by atoms with van der Waals surface area (Å²) in [5.74, 6) is 0. The van der Waals surface area contributed by atoms with Crippen molar-refractivity contribution >= 4 is 29.0 Å². The van der Waals surface area contributed by atoms with Crippen LogP contribution in [0.2, 0.25) is 5.02 Å². The molecule has 0 aromatic heterocycles. The summed E-state index contributed by atoms with van der Waals surface area (Å²) < 4.78 is 44.9. The van der Waals surface area contributed by atoms with E-state index in [1.807, 2.05) is 19.9 Å². The van der Waals surface area contributed by atoms with E-state index in [1.54, 1.807) is 23.1 Å². The van der Waals surface area contributed by atoms with Gasteiger partial charge in [0.2, 0.25) is 0 Å². The first-order valence-corrected chi connectivity index (χ1v) is 8.62. The summed E-state index contributed by atoms with van der Waals surface area (Å²) in [6.45, 7) is 4.28. The van der Waals surface area contributed by atoms with Gasteiger partial charge in [0, 0.05) is 10.7 Å². The smallest absolute Gasteiger partial charge is 0.416 e. The van der Waals surface area contributed by atoms with Crippen molar-refractivity contribution in [2.45, 2.75) is 32.5 Å². The van der Waals surface area contributed by atoms with Gasteiger partial charge in [0.15, 0.2) is 0 Å². The summed E-state index contributed by atoms with van der Waals surface area (Å²) in [7, 11) is 0. The average molecular weight is 383 g/mol. The molecule has 0 saturated carbocycles. The number of benzene rings is 2. The molecule has 1 aliphatic rings. The molecule has 3 rings (SSSR count). The summed E-state index contributed by atoms with van der Waals surface area (Å²) in [6.07, 6.45) is -3.81. The summed E-state index contributed by atoms with van der Waals surface area (Å²) in [5, 5.41) is 0.572. The molecule has 26 heavy (non-hydrogen) atoms. The predicted octanol–water partition coefficient (Wildman–Crippen LogP) is 5.97. The largest absolute Gasteiger partial charge is 0.459 e. The van der Waals surface area contributed by atoms with E-state index in [4.69, 9.17) is 16.3 Å². The summed E-state index contributed by atoms with van der Waals surface area (Å²) in [5.41, 5.74) is 1.20. The molecular formula is C19H18ClF3N2O. The molecule has 0 spiro atoms. The molecule has 2 aromatic rings. The Morgan fingerprint density at radius 3 is 2.65 bits per heavy atom. The highest BCUT2D eigenvalue weighted by Crippen LogP contribution is 2.33. The van der Waals surface area contributed by atoms with Gasteiger partial charge < -0.3 is 4.74 Å². The van der Waals surface area contributed by atoms with Crippen molar-refractivity contribution in [2.24, 2.45) is 4.99 Å². The lowest BCUT2D eigenvalue weighted by atomic mass is 10.1. The minimum Gasteiger partial charge on any atom is -0.459 e. The Kier molecular flexibility index (Phi) is 5.14. The zero-order valence-electron chi connectivity index (χ0n) is 14.3. The van der Waals surface area contributed by atoms with Gasteiger partial charge in [-0.2, -0.15) is 18.2 Å². The van der Waals surface area contributed by atoms with Crippen LogP contribution in [0.3, 0.4) is 0 Å². The number of anilines is 1. The molecule has 138 valence electrons. The molecular weight excluding hydrogens is 365 g/mol. The molecule has 0 radical (unpaired) electrons. The second-order valence-electron chi connectivity index (χ2n) is 6.13. The fourth-order valence-corrected chi connectivity index (χ4v) is 2.83. The van der Waals surface area contributed by atoms with E-state index >= 15 is 0 Å². The van der Waals surface area contributed by atoms with Crippen LogP contribution in [0.15, 0.2) is 47.5 Å². The van der Waals surface area contributed by atoms with Crippen LogP contribution >= 0.6 is 11.6 Å². The van der Waals surface area contributed by atoms with Gasteiger partial charge in [-0.1, -0.05) is 30.7 Å². The van der Waals surface area contributed by atoms with Crippen LogP contribution in [0.25, 0.3) is 0 Å². The molecule has 2 aromatic carbocycles. The van der Waals surface area contributed by atoms with Gasteiger partial charge in [0.05, 0.1) is 17.8 Å². The average Bonchev–Trinajstić information content (AvgIpc) is 3.00. The van der Waals surface area contributed by atoms with E-state index in [1.165, 1.54) is 6.07 Å². The number of amidine groups is 1. The Hall–Kier alpha value is -2.21. The highest BCUT2D eigenvalue weighted by atomic mass is 35.5. The molecule has 1 saturated heterocycles. The fourth-order valence-electron chi connectivity index (χ4n) is 2.66. The number of hydrogen-bond acceptors (Lipinski definition) is 2. The summed E-state index contributed by atoms with van der Waals surface area (Å²) in [6, 6.07) is 10.8.